The lowest BCUT2D eigenvalue weighted by Gasteiger charge is -2.61. The molecule has 2 heteroatoms. The van der Waals surface area contributed by atoms with Gasteiger partial charge in [0, 0.05) is 0 Å². The zero-order chi connectivity index (χ0) is 15.1. The monoisotopic (exact) mass is 300 g/mol. The Morgan fingerprint density at radius 1 is 0.609 bits per heavy atom. The van der Waals surface area contributed by atoms with Crippen LogP contribution < -0.4 is 0 Å². The highest BCUT2D eigenvalue weighted by atomic mass is 15.3. The van der Waals surface area contributed by atoms with E-state index in [0.717, 1.165) is 0 Å². The van der Waals surface area contributed by atoms with Gasteiger partial charge in [0.25, 0.3) is 0 Å². The molecule has 3 saturated carbocycles. The fourth-order valence-electron chi connectivity index (χ4n) is 6.12. The first-order valence-electron chi connectivity index (χ1n) is 8.92. The van der Waals surface area contributed by atoms with E-state index >= 15 is 0 Å². The summed E-state index contributed by atoms with van der Waals surface area (Å²) in [7, 11) is 0. The van der Waals surface area contributed by atoms with Crippen LogP contribution in [0, 0.1) is 23.7 Å². The van der Waals surface area contributed by atoms with E-state index in [0.29, 0.717) is 23.7 Å². The van der Waals surface area contributed by atoms with Gasteiger partial charge in [0.05, 0.1) is 0 Å². The smallest absolute Gasteiger partial charge is 0.113 e. The van der Waals surface area contributed by atoms with Crippen molar-refractivity contribution in [3.8, 4) is 0 Å². The average molecular weight is 300 g/mol. The molecule has 23 heavy (non-hydrogen) atoms. The largest absolute Gasteiger partial charge is 0.181 e. The second kappa shape index (κ2) is 3.92. The summed E-state index contributed by atoms with van der Waals surface area (Å²) in [6, 6.07) is 22.0. The summed E-state index contributed by atoms with van der Waals surface area (Å²) in [4.78, 5) is 0. The Morgan fingerprint density at radius 3 is 1.43 bits per heavy atom. The van der Waals surface area contributed by atoms with Crippen molar-refractivity contribution in [1.29, 1.82) is 0 Å². The van der Waals surface area contributed by atoms with Crippen LogP contribution in [0.2, 0.25) is 0 Å². The molecule has 2 aromatic rings. The molecule has 2 aliphatic heterocycles. The molecule has 0 unspecified atom stereocenters. The Bertz CT molecular complexity index is 732. The van der Waals surface area contributed by atoms with Crippen LogP contribution in [0.5, 0.6) is 0 Å². The van der Waals surface area contributed by atoms with E-state index in [9.17, 15) is 0 Å². The van der Waals surface area contributed by atoms with E-state index in [2.05, 4.69) is 60.7 Å². The van der Waals surface area contributed by atoms with Gasteiger partial charge < -0.3 is 0 Å². The fraction of sp³-hybridized carbons (Fsp3) is 0.429. The lowest BCUT2D eigenvalue weighted by Crippen LogP contribution is -2.61. The van der Waals surface area contributed by atoms with Crippen LogP contribution in [0.15, 0.2) is 70.9 Å². The SMILES string of the molecule is c1ccc([C@@]23N=N[C@@](c4ccccc4)([C@@H]4CC[C@@H]42)[C@H]2C[C@H]23)cc1. The number of benzene rings is 2. The number of hydrogen-bond donors (Lipinski definition) is 0. The van der Waals surface area contributed by atoms with Crippen molar-refractivity contribution in [3.05, 3.63) is 71.8 Å². The van der Waals surface area contributed by atoms with Crippen molar-refractivity contribution >= 4 is 0 Å². The predicted molar refractivity (Wildman–Crippen MR) is 88.9 cm³/mol. The van der Waals surface area contributed by atoms with Crippen molar-refractivity contribution in [2.75, 3.05) is 0 Å². The summed E-state index contributed by atoms with van der Waals surface area (Å²) in [5, 5.41) is 10.2. The van der Waals surface area contributed by atoms with E-state index in [1.165, 1.54) is 30.4 Å². The summed E-state index contributed by atoms with van der Waals surface area (Å²) >= 11 is 0. The molecule has 2 aromatic carbocycles. The van der Waals surface area contributed by atoms with Crippen molar-refractivity contribution < 1.29 is 0 Å². The first-order valence-corrected chi connectivity index (χ1v) is 8.92. The Kier molecular flexibility index (Phi) is 2.12. The molecule has 2 heterocycles. The quantitative estimate of drug-likeness (QED) is 0.752. The second-order valence-electron chi connectivity index (χ2n) is 7.82. The minimum atomic E-state index is -0.00856. The van der Waals surface area contributed by atoms with E-state index in [4.69, 9.17) is 10.2 Å². The van der Waals surface area contributed by atoms with Crippen LogP contribution in [0.1, 0.15) is 30.4 Å². The van der Waals surface area contributed by atoms with Gasteiger partial charge >= 0.3 is 0 Å². The number of nitrogens with zero attached hydrogens (tertiary/aromatic N) is 2. The molecule has 0 spiro atoms. The van der Waals surface area contributed by atoms with Gasteiger partial charge in [0.15, 0.2) is 0 Å². The molecule has 0 saturated heterocycles. The highest BCUT2D eigenvalue weighted by molar-refractivity contribution is 5.43. The molecular weight excluding hydrogens is 280 g/mol. The third-order valence-electron chi connectivity index (χ3n) is 7.18. The van der Waals surface area contributed by atoms with E-state index < -0.39 is 0 Å². The first-order chi connectivity index (χ1) is 11.4. The minimum absolute atomic E-state index is 0.00856. The van der Waals surface area contributed by atoms with Crippen LogP contribution in [0.25, 0.3) is 0 Å². The molecule has 2 bridgehead atoms. The summed E-state index contributed by atoms with van der Waals surface area (Å²) in [6.45, 7) is 0. The van der Waals surface area contributed by atoms with E-state index in [-0.39, 0.29) is 11.1 Å². The van der Waals surface area contributed by atoms with Crippen LogP contribution in [0.3, 0.4) is 0 Å². The molecular formula is C21H20N2. The first kappa shape index (κ1) is 12.5. The number of rotatable bonds is 2. The number of hydrogen-bond acceptors (Lipinski definition) is 2. The lowest BCUT2D eigenvalue weighted by molar-refractivity contribution is -0.0811. The van der Waals surface area contributed by atoms with Crippen molar-refractivity contribution in [1.82, 2.24) is 0 Å². The van der Waals surface area contributed by atoms with E-state index in [1.54, 1.807) is 0 Å². The molecule has 0 amide bonds. The Morgan fingerprint density at radius 2 is 1.04 bits per heavy atom. The predicted octanol–water partition coefficient (Wildman–Crippen LogP) is 4.92. The molecule has 3 aliphatic carbocycles. The maximum Gasteiger partial charge on any atom is 0.113 e. The number of azo groups is 1. The zero-order valence-electron chi connectivity index (χ0n) is 13.1. The van der Waals surface area contributed by atoms with Crippen LogP contribution in [-0.2, 0) is 11.1 Å². The molecule has 6 atom stereocenters. The van der Waals surface area contributed by atoms with Crippen LogP contribution in [-0.4, -0.2) is 0 Å². The van der Waals surface area contributed by atoms with Crippen molar-refractivity contribution in [2.24, 2.45) is 33.9 Å². The molecule has 2 nitrogen and oxygen atoms in total. The topological polar surface area (TPSA) is 24.7 Å². The molecule has 3 fully saturated rings. The summed E-state index contributed by atoms with van der Waals surface area (Å²) in [6.07, 6.45) is 3.93. The fourth-order valence-corrected chi connectivity index (χ4v) is 6.12. The van der Waals surface area contributed by atoms with Gasteiger partial charge in [-0.25, -0.2) is 0 Å². The summed E-state index contributed by atoms with van der Waals surface area (Å²) < 4.78 is 0. The highest BCUT2D eigenvalue weighted by Crippen LogP contribution is 2.78. The molecule has 0 N–H and O–H groups in total. The van der Waals surface area contributed by atoms with Gasteiger partial charge in [-0.2, -0.15) is 10.2 Å². The second-order valence-corrected chi connectivity index (χ2v) is 7.82. The highest BCUT2D eigenvalue weighted by Gasteiger charge is 2.78. The van der Waals surface area contributed by atoms with Crippen molar-refractivity contribution in [2.45, 2.75) is 30.3 Å². The average Bonchev–Trinajstić information content (AvgIpc) is 3.39. The Hall–Kier alpha value is -1.96. The van der Waals surface area contributed by atoms with Gasteiger partial charge in [0.1, 0.15) is 11.1 Å². The summed E-state index contributed by atoms with van der Waals surface area (Å²) in [5.74, 6) is 2.77. The van der Waals surface area contributed by atoms with Crippen molar-refractivity contribution in [3.63, 3.8) is 0 Å². The van der Waals surface area contributed by atoms with Gasteiger partial charge in [-0.15, -0.1) is 0 Å². The minimum Gasteiger partial charge on any atom is -0.181 e. The third kappa shape index (κ3) is 1.26. The van der Waals surface area contributed by atoms with Crippen LogP contribution in [0.4, 0.5) is 0 Å². The maximum atomic E-state index is 5.08. The molecule has 0 aromatic heterocycles. The van der Waals surface area contributed by atoms with Gasteiger partial charge in [-0.1, -0.05) is 60.7 Å². The van der Waals surface area contributed by atoms with Gasteiger partial charge in [0.2, 0.25) is 0 Å². The normalized spacial score (nSPS) is 45.0. The third-order valence-corrected chi connectivity index (χ3v) is 7.18. The maximum absolute atomic E-state index is 5.08. The molecule has 114 valence electrons. The molecule has 7 rings (SSSR count). The Balaban J connectivity index is 1.58. The van der Waals surface area contributed by atoms with Gasteiger partial charge in [-0.05, 0) is 54.1 Å². The summed E-state index contributed by atoms with van der Waals surface area (Å²) in [5.41, 5.74) is 2.80. The Labute approximate surface area is 136 Å². The van der Waals surface area contributed by atoms with E-state index in [1.807, 2.05) is 0 Å². The van der Waals surface area contributed by atoms with Gasteiger partial charge in [-0.3, -0.25) is 0 Å². The standard InChI is InChI=1S/C21H20N2/c1-3-7-14(8-4-1)20-16-11-12-17(16)21(23-22-20,19-13-18(19)20)15-9-5-2-6-10-15/h1-10,16-19H,11-13H2/t16-,17+,18+,19-,20+,21-. The molecule has 0 radical (unpaired) electrons. The van der Waals surface area contributed by atoms with Crippen LogP contribution >= 0.6 is 0 Å². The lowest BCUT2D eigenvalue weighted by atomic mass is 9.47. The molecule has 5 aliphatic rings. The zero-order valence-corrected chi connectivity index (χ0v) is 13.1.